The average molecular weight is 191 g/mol. The summed E-state index contributed by atoms with van der Waals surface area (Å²) in [6, 6.07) is 3.47. The maximum absolute atomic E-state index is 5.36. The van der Waals surface area contributed by atoms with Gasteiger partial charge in [0.2, 0.25) is 0 Å². The number of nitrogen functional groups attached to an aromatic ring is 1. The van der Waals surface area contributed by atoms with Crippen LogP contribution in [0.15, 0.2) is 12.1 Å². The second-order valence-electron chi connectivity index (χ2n) is 2.40. The van der Waals surface area contributed by atoms with Gasteiger partial charge in [0, 0.05) is 6.42 Å². The van der Waals surface area contributed by atoms with Gasteiger partial charge in [0.15, 0.2) is 0 Å². The van der Waals surface area contributed by atoms with Crippen molar-refractivity contribution in [1.82, 2.24) is 10.2 Å². The predicted octanol–water partition coefficient (Wildman–Crippen LogP) is 2.24. The fourth-order valence-electron chi connectivity index (χ4n) is 0.687. The fourth-order valence-corrected chi connectivity index (χ4v) is 0.687. The van der Waals surface area contributed by atoms with Crippen molar-refractivity contribution < 1.29 is 0 Å². The number of aromatic nitrogens is 2. The summed E-state index contributed by atoms with van der Waals surface area (Å²) < 4.78 is 0. The SMILES string of the molecule is CC.CCCC#Cc1ccc(N)nn1. The van der Waals surface area contributed by atoms with Crippen molar-refractivity contribution in [2.24, 2.45) is 0 Å². The zero-order valence-electron chi connectivity index (χ0n) is 9.04. The normalized spacial score (nSPS) is 7.93. The highest BCUT2D eigenvalue weighted by molar-refractivity contribution is 5.32. The summed E-state index contributed by atoms with van der Waals surface area (Å²) >= 11 is 0. The minimum atomic E-state index is 0.427. The number of rotatable bonds is 1. The monoisotopic (exact) mass is 191 g/mol. The highest BCUT2D eigenvalue weighted by atomic mass is 15.1. The van der Waals surface area contributed by atoms with Crippen LogP contribution in [-0.4, -0.2) is 10.2 Å². The van der Waals surface area contributed by atoms with Crippen molar-refractivity contribution in [3.05, 3.63) is 17.8 Å². The molecule has 0 saturated carbocycles. The zero-order chi connectivity index (χ0) is 10.8. The molecule has 1 heterocycles. The van der Waals surface area contributed by atoms with Crippen LogP contribution >= 0.6 is 0 Å². The van der Waals surface area contributed by atoms with Crippen LogP contribution in [0.2, 0.25) is 0 Å². The van der Waals surface area contributed by atoms with E-state index in [4.69, 9.17) is 5.73 Å². The summed E-state index contributed by atoms with van der Waals surface area (Å²) in [5, 5.41) is 7.48. The maximum atomic E-state index is 5.36. The first kappa shape index (κ1) is 12.4. The Hall–Kier alpha value is -1.56. The number of nitrogens with two attached hydrogens (primary N) is 1. The summed E-state index contributed by atoms with van der Waals surface area (Å²) in [6.45, 7) is 6.09. The molecule has 0 spiro atoms. The van der Waals surface area contributed by atoms with Crippen molar-refractivity contribution in [2.45, 2.75) is 33.6 Å². The Bertz CT molecular complexity index is 293. The average Bonchev–Trinajstić information content (AvgIpc) is 2.24. The van der Waals surface area contributed by atoms with Crippen LogP contribution in [0, 0.1) is 11.8 Å². The first-order valence-electron chi connectivity index (χ1n) is 4.91. The molecule has 3 heteroatoms. The molecule has 76 valence electrons. The molecule has 3 nitrogen and oxygen atoms in total. The quantitative estimate of drug-likeness (QED) is 0.692. The van der Waals surface area contributed by atoms with E-state index < -0.39 is 0 Å². The number of hydrogen-bond acceptors (Lipinski definition) is 3. The fraction of sp³-hybridized carbons (Fsp3) is 0.455. The molecule has 0 aliphatic carbocycles. The van der Waals surface area contributed by atoms with Crippen molar-refractivity contribution >= 4 is 5.82 Å². The summed E-state index contributed by atoms with van der Waals surface area (Å²) in [5.74, 6) is 6.30. The molecule has 0 atom stereocenters. The molecule has 1 rings (SSSR count). The van der Waals surface area contributed by atoms with E-state index in [-0.39, 0.29) is 0 Å². The van der Waals surface area contributed by atoms with Gasteiger partial charge in [0.25, 0.3) is 0 Å². The Balaban J connectivity index is 0.000000791. The minimum Gasteiger partial charge on any atom is -0.382 e. The van der Waals surface area contributed by atoms with Crippen molar-refractivity contribution in [1.29, 1.82) is 0 Å². The van der Waals surface area contributed by atoms with E-state index in [1.54, 1.807) is 12.1 Å². The van der Waals surface area contributed by atoms with Crippen LogP contribution in [0.1, 0.15) is 39.3 Å². The van der Waals surface area contributed by atoms with E-state index in [0.717, 1.165) is 12.8 Å². The Labute approximate surface area is 85.7 Å². The number of anilines is 1. The minimum absolute atomic E-state index is 0.427. The lowest BCUT2D eigenvalue weighted by Crippen LogP contribution is -1.93. The molecule has 0 radical (unpaired) electrons. The zero-order valence-corrected chi connectivity index (χ0v) is 9.04. The lowest BCUT2D eigenvalue weighted by atomic mass is 10.3. The van der Waals surface area contributed by atoms with Gasteiger partial charge in [-0.3, -0.25) is 0 Å². The molecule has 0 unspecified atom stereocenters. The van der Waals surface area contributed by atoms with E-state index >= 15 is 0 Å². The summed E-state index contributed by atoms with van der Waals surface area (Å²) in [5.41, 5.74) is 6.04. The third-order valence-electron chi connectivity index (χ3n) is 1.28. The highest BCUT2D eigenvalue weighted by Gasteiger charge is 1.87. The smallest absolute Gasteiger partial charge is 0.146 e. The van der Waals surface area contributed by atoms with Gasteiger partial charge in [0.1, 0.15) is 11.5 Å². The van der Waals surface area contributed by atoms with Gasteiger partial charge < -0.3 is 5.73 Å². The van der Waals surface area contributed by atoms with Gasteiger partial charge in [-0.25, -0.2) is 0 Å². The van der Waals surface area contributed by atoms with Crippen LogP contribution < -0.4 is 5.73 Å². The molecule has 2 N–H and O–H groups in total. The van der Waals surface area contributed by atoms with Crippen LogP contribution in [-0.2, 0) is 0 Å². The molecular weight excluding hydrogens is 174 g/mol. The molecule has 0 saturated heterocycles. The third-order valence-corrected chi connectivity index (χ3v) is 1.28. The van der Waals surface area contributed by atoms with Gasteiger partial charge in [-0.2, -0.15) is 0 Å². The van der Waals surface area contributed by atoms with Gasteiger partial charge in [-0.05, 0) is 24.5 Å². The van der Waals surface area contributed by atoms with Gasteiger partial charge in [-0.1, -0.05) is 26.7 Å². The van der Waals surface area contributed by atoms with Crippen molar-refractivity contribution in [2.75, 3.05) is 5.73 Å². The summed E-state index contributed by atoms with van der Waals surface area (Å²) in [4.78, 5) is 0. The van der Waals surface area contributed by atoms with Gasteiger partial charge >= 0.3 is 0 Å². The second kappa shape index (κ2) is 8.06. The molecular formula is C11H17N3. The van der Waals surface area contributed by atoms with E-state index in [0.29, 0.717) is 11.5 Å². The van der Waals surface area contributed by atoms with E-state index in [1.165, 1.54) is 0 Å². The lowest BCUT2D eigenvalue weighted by molar-refractivity contribution is 0.980. The Morgan fingerprint density at radius 3 is 2.50 bits per heavy atom. The van der Waals surface area contributed by atoms with Crippen LogP contribution in [0.4, 0.5) is 5.82 Å². The molecule has 0 aliphatic heterocycles. The standard InChI is InChI=1S/C9H11N3.C2H6/c1-2-3-4-5-8-6-7-9(10)12-11-8;1-2/h6-7H,2-3H2,1H3,(H2,10,12);1-2H3. The van der Waals surface area contributed by atoms with E-state index in [1.807, 2.05) is 13.8 Å². The Kier molecular flexibility index (Phi) is 7.16. The molecule has 0 aliphatic rings. The van der Waals surface area contributed by atoms with E-state index in [2.05, 4.69) is 29.0 Å². The van der Waals surface area contributed by atoms with Crippen LogP contribution in [0.25, 0.3) is 0 Å². The van der Waals surface area contributed by atoms with Gasteiger partial charge in [-0.15, -0.1) is 10.2 Å². The molecule has 0 fully saturated rings. The maximum Gasteiger partial charge on any atom is 0.146 e. The highest BCUT2D eigenvalue weighted by Crippen LogP contribution is 1.95. The molecule has 1 aromatic rings. The number of nitrogens with zero attached hydrogens (tertiary/aromatic N) is 2. The topological polar surface area (TPSA) is 51.8 Å². The van der Waals surface area contributed by atoms with E-state index in [9.17, 15) is 0 Å². The Morgan fingerprint density at radius 1 is 1.29 bits per heavy atom. The van der Waals surface area contributed by atoms with Crippen LogP contribution in [0.5, 0.6) is 0 Å². The summed E-state index contributed by atoms with van der Waals surface area (Å²) in [7, 11) is 0. The molecule has 0 amide bonds. The first-order valence-corrected chi connectivity index (χ1v) is 4.91. The lowest BCUT2D eigenvalue weighted by Gasteiger charge is -1.88. The molecule has 14 heavy (non-hydrogen) atoms. The number of unbranched alkanes of at least 4 members (excludes halogenated alkanes) is 1. The van der Waals surface area contributed by atoms with Crippen LogP contribution in [0.3, 0.4) is 0 Å². The van der Waals surface area contributed by atoms with Crippen molar-refractivity contribution in [3.63, 3.8) is 0 Å². The molecule has 0 bridgehead atoms. The van der Waals surface area contributed by atoms with Gasteiger partial charge in [0.05, 0.1) is 0 Å². The number of hydrogen-bond donors (Lipinski definition) is 1. The predicted molar refractivity (Wildman–Crippen MR) is 59.6 cm³/mol. The van der Waals surface area contributed by atoms with Crippen molar-refractivity contribution in [3.8, 4) is 11.8 Å². The summed E-state index contributed by atoms with van der Waals surface area (Å²) in [6.07, 6.45) is 1.96. The third kappa shape index (κ3) is 5.15. The Morgan fingerprint density at radius 2 is 2.00 bits per heavy atom. The molecule has 1 aromatic heterocycles. The largest absolute Gasteiger partial charge is 0.382 e. The molecule has 0 aromatic carbocycles. The first-order chi connectivity index (χ1) is 6.83. The second-order valence-corrected chi connectivity index (χ2v) is 2.40.